The van der Waals surface area contributed by atoms with Crippen LogP contribution in [0.5, 0.6) is 23.0 Å². The van der Waals surface area contributed by atoms with Crippen molar-refractivity contribution in [1.82, 2.24) is 0 Å². The summed E-state index contributed by atoms with van der Waals surface area (Å²) in [5, 5.41) is 9.26. The van der Waals surface area contributed by atoms with Crippen molar-refractivity contribution in [2.75, 3.05) is 20.0 Å². The number of carboxylic acid groups (broad SMARTS) is 1. The average molecular weight is 613 g/mol. The molecule has 4 aromatic rings. The highest BCUT2D eigenvalue weighted by atomic mass is 19.1. The maximum Gasteiger partial charge on any atom is 0.303 e. The monoisotopic (exact) mass is 612 g/mol. The lowest BCUT2D eigenvalue weighted by atomic mass is 9.97. The van der Waals surface area contributed by atoms with Crippen molar-refractivity contribution in [3.05, 3.63) is 95.8 Å². The van der Waals surface area contributed by atoms with Gasteiger partial charge in [-0.15, -0.1) is 0 Å². The minimum atomic E-state index is -0.797. The van der Waals surface area contributed by atoms with Crippen LogP contribution in [0.25, 0.3) is 22.3 Å². The van der Waals surface area contributed by atoms with Crippen LogP contribution in [0.15, 0.2) is 78.9 Å². The van der Waals surface area contributed by atoms with Gasteiger partial charge in [-0.05, 0) is 114 Å². The van der Waals surface area contributed by atoms with Crippen LogP contribution < -0.4 is 18.9 Å². The van der Waals surface area contributed by atoms with Crippen LogP contribution in [-0.4, -0.2) is 31.1 Å². The zero-order chi connectivity index (χ0) is 31.4. The lowest BCUT2D eigenvalue weighted by Gasteiger charge is -2.15. The van der Waals surface area contributed by atoms with E-state index < -0.39 is 5.97 Å². The molecule has 0 spiro atoms. The van der Waals surface area contributed by atoms with Gasteiger partial charge in [0.15, 0.2) is 11.5 Å². The molecule has 0 aromatic heterocycles. The molecule has 0 unspecified atom stereocenters. The van der Waals surface area contributed by atoms with Crippen molar-refractivity contribution in [3.8, 4) is 45.3 Å². The number of aliphatic carboxylic acids is 1. The number of carboxylic acids is 1. The molecule has 6 nitrogen and oxygen atoms in total. The third-order valence-electron chi connectivity index (χ3n) is 7.95. The lowest BCUT2D eigenvalue weighted by molar-refractivity contribution is -0.136. The molecule has 45 heavy (non-hydrogen) atoms. The number of halogens is 1. The van der Waals surface area contributed by atoms with Crippen molar-refractivity contribution in [2.24, 2.45) is 0 Å². The Morgan fingerprint density at radius 1 is 0.756 bits per heavy atom. The van der Waals surface area contributed by atoms with Crippen LogP contribution in [0.1, 0.15) is 63.0 Å². The summed E-state index contributed by atoms with van der Waals surface area (Å²) >= 11 is 0. The van der Waals surface area contributed by atoms with Gasteiger partial charge in [0.05, 0.1) is 13.2 Å². The summed E-state index contributed by atoms with van der Waals surface area (Å²) in [6.45, 7) is 3.54. The molecule has 1 aliphatic heterocycles. The number of hydrogen-bond donors (Lipinski definition) is 1. The van der Waals surface area contributed by atoms with Gasteiger partial charge in [-0.2, -0.15) is 0 Å². The van der Waals surface area contributed by atoms with E-state index in [1.807, 2.05) is 54.6 Å². The Hall–Kier alpha value is -4.52. The van der Waals surface area contributed by atoms with Gasteiger partial charge in [0.1, 0.15) is 17.3 Å². The molecular formula is C38H41FO6. The van der Waals surface area contributed by atoms with Gasteiger partial charge >= 0.3 is 5.97 Å². The molecule has 4 aromatic carbocycles. The number of aryl methyl sites for hydroxylation is 1. The first-order chi connectivity index (χ1) is 22.0. The maximum absolute atomic E-state index is 14.1. The molecule has 0 amide bonds. The van der Waals surface area contributed by atoms with Gasteiger partial charge in [0, 0.05) is 6.42 Å². The van der Waals surface area contributed by atoms with Crippen LogP contribution >= 0.6 is 0 Å². The Labute approximate surface area is 264 Å². The third kappa shape index (κ3) is 9.00. The van der Waals surface area contributed by atoms with Gasteiger partial charge in [0.2, 0.25) is 6.79 Å². The highest BCUT2D eigenvalue weighted by Gasteiger charge is 2.16. The smallest absolute Gasteiger partial charge is 0.303 e. The number of hydrogen-bond acceptors (Lipinski definition) is 5. The van der Waals surface area contributed by atoms with Gasteiger partial charge in [-0.25, -0.2) is 4.39 Å². The largest absolute Gasteiger partial charge is 0.494 e. The summed E-state index contributed by atoms with van der Waals surface area (Å²) in [5.74, 6) is 1.89. The first-order valence-electron chi connectivity index (χ1n) is 15.9. The summed E-state index contributed by atoms with van der Waals surface area (Å²) in [4.78, 5) is 11.3. The zero-order valence-electron chi connectivity index (χ0n) is 25.9. The van der Waals surface area contributed by atoms with E-state index in [2.05, 4.69) is 13.0 Å². The Morgan fingerprint density at radius 2 is 1.51 bits per heavy atom. The van der Waals surface area contributed by atoms with Crippen LogP contribution in [-0.2, 0) is 17.6 Å². The zero-order valence-corrected chi connectivity index (χ0v) is 25.9. The van der Waals surface area contributed by atoms with Crippen molar-refractivity contribution in [3.63, 3.8) is 0 Å². The molecule has 1 heterocycles. The van der Waals surface area contributed by atoms with Gasteiger partial charge in [0.25, 0.3) is 0 Å². The van der Waals surface area contributed by atoms with E-state index in [0.717, 1.165) is 90.0 Å². The van der Waals surface area contributed by atoms with E-state index in [4.69, 9.17) is 18.9 Å². The molecule has 7 heteroatoms. The summed E-state index contributed by atoms with van der Waals surface area (Å²) in [6.07, 6.45) is 7.42. The van der Waals surface area contributed by atoms with Gasteiger partial charge in [-0.3, -0.25) is 4.79 Å². The summed E-state index contributed by atoms with van der Waals surface area (Å²) in [5.41, 5.74) is 5.77. The second-order valence-electron chi connectivity index (χ2n) is 11.3. The number of rotatable bonds is 17. The summed E-state index contributed by atoms with van der Waals surface area (Å²) < 4.78 is 37.4. The van der Waals surface area contributed by atoms with E-state index in [1.54, 1.807) is 6.07 Å². The molecule has 0 bridgehead atoms. The summed E-state index contributed by atoms with van der Waals surface area (Å²) in [6, 6.07) is 24.5. The molecular weight excluding hydrogens is 571 g/mol. The quantitative estimate of drug-likeness (QED) is 0.120. The lowest BCUT2D eigenvalue weighted by Crippen LogP contribution is -2.06. The molecule has 1 aliphatic rings. The molecule has 236 valence electrons. The minimum Gasteiger partial charge on any atom is -0.494 e. The molecule has 0 saturated heterocycles. The van der Waals surface area contributed by atoms with E-state index in [0.29, 0.717) is 25.4 Å². The molecule has 0 radical (unpaired) electrons. The Morgan fingerprint density at radius 3 is 2.31 bits per heavy atom. The van der Waals surface area contributed by atoms with Crippen LogP contribution in [0.4, 0.5) is 4.39 Å². The average Bonchev–Trinajstić information content (AvgIpc) is 3.52. The molecule has 0 atom stereocenters. The minimum absolute atomic E-state index is 0.0925. The van der Waals surface area contributed by atoms with E-state index in [9.17, 15) is 14.3 Å². The van der Waals surface area contributed by atoms with Crippen molar-refractivity contribution < 1.29 is 33.2 Å². The topological polar surface area (TPSA) is 74.2 Å². The number of unbranched alkanes of at least 4 members (excludes halogenated alkanes) is 4. The number of fused-ring (bicyclic) bond motifs is 1. The second-order valence-corrected chi connectivity index (χ2v) is 11.3. The van der Waals surface area contributed by atoms with E-state index in [1.165, 1.54) is 17.7 Å². The highest BCUT2D eigenvalue weighted by Crippen LogP contribution is 2.38. The molecule has 0 saturated carbocycles. The fourth-order valence-electron chi connectivity index (χ4n) is 5.54. The Kier molecular flexibility index (Phi) is 11.3. The molecule has 0 fully saturated rings. The first-order valence-corrected chi connectivity index (χ1v) is 15.9. The summed E-state index contributed by atoms with van der Waals surface area (Å²) in [7, 11) is 0. The third-order valence-corrected chi connectivity index (χ3v) is 7.95. The van der Waals surface area contributed by atoms with Crippen LogP contribution in [0.2, 0.25) is 0 Å². The predicted octanol–water partition coefficient (Wildman–Crippen LogP) is 9.27. The fourth-order valence-corrected chi connectivity index (χ4v) is 5.54. The maximum atomic E-state index is 14.1. The molecule has 5 rings (SSSR count). The van der Waals surface area contributed by atoms with Gasteiger partial charge < -0.3 is 24.1 Å². The normalized spacial score (nSPS) is 11.9. The Bertz CT molecular complexity index is 1580. The predicted molar refractivity (Wildman–Crippen MR) is 174 cm³/mol. The molecule has 0 aliphatic carbocycles. The number of benzene rings is 4. The van der Waals surface area contributed by atoms with Crippen LogP contribution in [0, 0.1) is 5.82 Å². The van der Waals surface area contributed by atoms with Gasteiger partial charge in [-0.1, -0.05) is 56.5 Å². The van der Waals surface area contributed by atoms with Crippen molar-refractivity contribution >= 4 is 5.97 Å². The van der Waals surface area contributed by atoms with Crippen molar-refractivity contribution in [1.29, 1.82) is 0 Å². The van der Waals surface area contributed by atoms with E-state index >= 15 is 0 Å². The second kappa shape index (κ2) is 16.0. The Balaban J connectivity index is 1.18. The highest BCUT2D eigenvalue weighted by molar-refractivity contribution is 5.76. The first kappa shape index (κ1) is 31.9. The SMILES string of the molecule is CCCCOc1cccc(CCCCCCOc2cc(-c3cccc(F)c3)cc(-c3ccc4c(c3)OCO4)c2)c1CCC(=O)O. The van der Waals surface area contributed by atoms with E-state index in [-0.39, 0.29) is 19.0 Å². The molecule has 1 N–H and O–H groups in total. The van der Waals surface area contributed by atoms with Crippen molar-refractivity contribution in [2.45, 2.75) is 64.7 Å². The van der Waals surface area contributed by atoms with Crippen LogP contribution in [0.3, 0.4) is 0 Å². The number of carbonyl (C=O) groups is 1. The fraction of sp³-hybridized carbons (Fsp3) is 0.342. The standard InChI is InChI=1S/C38H41FO6/c1-2-3-19-43-35-14-9-11-27(34(35)16-18-38(40)41)10-6-4-5-7-20-42-33-23-30(28-12-8-13-32(39)22-28)21-31(24-33)29-15-17-36-37(25-29)45-26-44-36/h8-9,11-15,17,21-25H,2-7,10,16,18-20,26H2,1H3,(H,40,41). The number of ether oxygens (including phenoxy) is 4.